The number of nitrogens with two attached hydrogens (primary N) is 1. The third kappa shape index (κ3) is 10.0. The lowest BCUT2D eigenvalue weighted by Crippen LogP contribution is -2.14. The zero-order valence-electron chi connectivity index (χ0n) is 26.3. The number of carbonyl (C=O) groups excluding carboxylic acids is 1. The number of sulfone groups is 1. The zero-order valence-corrected chi connectivity index (χ0v) is 28.7. The number of alkyl halides is 1. The van der Waals surface area contributed by atoms with E-state index in [4.69, 9.17) is 16.3 Å². The highest BCUT2D eigenvalue weighted by atomic mass is 35.5. The molecule has 5 rings (SSSR count). The van der Waals surface area contributed by atoms with Gasteiger partial charge < -0.3 is 10.5 Å². The van der Waals surface area contributed by atoms with Crippen LogP contribution in [0, 0.1) is 17.6 Å². The first-order chi connectivity index (χ1) is 20.9. The number of thioether (sulfide) groups is 1. The van der Waals surface area contributed by atoms with Gasteiger partial charge in [0.15, 0.2) is 9.84 Å². The van der Waals surface area contributed by atoms with E-state index in [9.17, 15) is 22.0 Å². The molecule has 3 aromatic carbocycles. The van der Waals surface area contributed by atoms with Gasteiger partial charge in [-0.05, 0) is 67.8 Å². The van der Waals surface area contributed by atoms with Gasteiger partial charge in [-0.3, -0.25) is 4.79 Å². The maximum absolute atomic E-state index is 13.4. The molecular formula is C34H44ClF2NO4S2. The molecule has 1 aliphatic carbocycles. The topological polar surface area (TPSA) is 86.5 Å². The third-order valence-electron chi connectivity index (χ3n) is 7.43. The van der Waals surface area contributed by atoms with Crippen molar-refractivity contribution < 1.29 is 26.7 Å². The molecule has 2 N–H and O–H groups in total. The number of benzene rings is 3. The van der Waals surface area contributed by atoms with Gasteiger partial charge in [-0.15, -0.1) is 23.4 Å². The van der Waals surface area contributed by atoms with Crippen LogP contribution in [0.1, 0.15) is 69.4 Å². The van der Waals surface area contributed by atoms with Crippen LogP contribution in [-0.4, -0.2) is 39.9 Å². The average Bonchev–Trinajstić information content (AvgIpc) is 3.39. The Morgan fingerprint density at radius 1 is 1.02 bits per heavy atom. The highest BCUT2D eigenvalue weighted by Gasteiger charge is 2.38. The van der Waals surface area contributed by atoms with Crippen molar-refractivity contribution in [1.82, 2.24) is 0 Å². The Balaban J connectivity index is 0.000000246. The maximum atomic E-state index is 13.4. The summed E-state index contributed by atoms with van der Waals surface area (Å²) in [7, 11) is -0.111. The van der Waals surface area contributed by atoms with E-state index in [2.05, 4.69) is 12.7 Å². The molecule has 3 aromatic rings. The molecule has 0 saturated heterocycles. The van der Waals surface area contributed by atoms with Crippen LogP contribution in [0.4, 0.5) is 8.78 Å². The van der Waals surface area contributed by atoms with Crippen molar-refractivity contribution in [1.29, 1.82) is 0 Å². The van der Waals surface area contributed by atoms with Crippen molar-refractivity contribution in [2.24, 2.45) is 11.7 Å². The number of ether oxygens (including phenoxy) is 1. The van der Waals surface area contributed by atoms with Gasteiger partial charge in [0, 0.05) is 17.4 Å². The van der Waals surface area contributed by atoms with Gasteiger partial charge in [-0.25, -0.2) is 17.2 Å². The molecule has 0 aromatic heterocycles. The van der Waals surface area contributed by atoms with Crippen LogP contribution in [0.15, 0.2) is 64.4 Å². The molecule has 44 heavy (non-hydrogen) atoms. The van der Waals surface area contributed by atoms with Crippen molar-refractivity contribution >= 4 is 39.0 Å². The second kappa shape index (κ2) is 17.9. The van der Waals surface area contributed by atoms with Crippen LogP contribution in [0.25, 0.3) is 11.1 Å². The van der Waals surface area contributed by atoms with E-state index in [1.165, 1.54) is 52.3 Å². The normalized spacial score (nSPS) is 17.5. The first-order valence-corrected chi connectivity index (χ1v) is 17.9. The fourth-order valence-corrected chi connectivity index (χ4v) is 7.84. The maximum Gasteiger partial charge on any atom is 0.176 e. The monoisotopic (exact) mass is 667 g/mol. The number of carbonyl (C=O) groups is 1. The molecule has 2 unspecified atom stereocenters. The van der Waals surface area contributed by atoms with Crippen LogP contribution in [-0.2, 0) is 21.1 Å². The first kappa shape index (κ1) is 37.7. The van der Waals surface area contributed by atoms with Gasteiger partial charge in [0.25, 0.3) is 0 Å². The van der Waals surface area contributed by atoms with Crippen molar-refractivity contribution in [3.8, 4) is 16.9 Å². The van der Waals surface area contributed by atoms with Gasteiger partial charge in [0.1, 0.15) is 23.2 Å². The van der Waals surface area contributed by atoms with Crippen LogP contribution < -0.4 is 10.5 Å². The molecular weight excluding hydrogens is 624 g/mol. The van der Waals surface area contributed by atoms with Crippen molar-refractivity contribution in [2.75, 3.05) is 20.4 Å². The number of halogens is 3. The lowest BCUT2D eigenvalue weighted by atomic mass is 9.91. The standard InChI is InChI=1S/C16H18O3S.C10H7ClF2OS.C7H14.CH5N/c1-4-12-11-13(9-10-15(12)19-2)14-7-5-6-8-16(14)20(3,17)18;1-4(14)9-8(11)7-5(12)2-3-6(13)10(7)15-9;1-7-5-3-2-4-6-7;1-2/h5-11H,4H2,1-3H3;2-3,8-9H,1H3;7H,2-6H2,1H3;2H2,1H3. The summed E-state index contributed by atoms with van der Waals surface area (Å²) in [5, 5.41) is -1.37. The van der Waals surface area contributed by atoms with E-state index in [1.54, 1.807) is 19.2 Å². The Kier molecular flexibility index (Phi) is 15.3. The lowest BCUT2D eigenvalue weighted by molar-refractivity contribution is -0.116. The van der Waals surface area contributed by atoms with E-state index >= 15 is 0 Å². The summed E-state index contributed by atoms with van der Waals surface area (Å²) in [6.45, 7) is 5.78. The van der Waals surface area contributed by atoms with E-state index in [-0.39, 0.29) is 16.2 Å². The molecule has 1 saturated carbocycles. The second-order valence-electron chi connectivity index (χ2n) is 10.7. The number of hydrogen-bond acceptors (Lipinski definition) is 6. The zero-order chi connectivity index (χ0) is 33.0. The minimum absolute atomic E-state index is 0.113. The average molecular weight is 668 g/mol. The van der Waals surface area contributed by atoms with Crippen LogP contribution in [0.2, 0.25) is 0 Å². The third-order valence-corrected chi connectivity index (χ3v) is 10.7. The van der Waals surface area contributed by atoms with Crippen LogP contribution >= 0.6 is 23.4 Å². The molecule has 242 valence electrons. The number of ketones is 1. The summed E-state index contributed by atoms with van der Waals surface area (Å²) in [6, 6.07) is 14.9. The molecule has 1 fully saturated rings. The van der Waals surface area contributed by atoms with Crippen LogP contribution in [0.3, 0.4) is 0 Å². The van der Waals surface area contributed by atoms with E-state index < -0.39 is 32.1 Å². The van der Waals surface area contributed by atoms with Gasteiger partial charge in [0.05, 0.1) is 27.5 Å². The number of methoxy groups -OCH3 is 1. The SMILES string of the molecule is CC(=O)C1Sc2c(F)ccc(F)c2C1Cl.CC1CCCCC1.CCc1cc(-c2ccccc2S(C)(=O)=O)ccc1OC.CN. The van der Waals surface area contributed by atoms with Crippen LogP contribution in [0.5, 0.6) is 5.75 Å². The Morgan fingerprint density at radius 3 is 2.14 bits per heavy atom. The van der Waals surface area contributed by atoms with Gasteiger partial charge >= 0.3 is 0 Å². The summed E-state index contributed by atoms with van der Waals surface area (Å²) in [5.41, 5.74) is 7.30. The molecule has 0 radical (unpaired) electrons. The number of hydrogen-bond donors (Lipinski definition) is 1. The molecule has 10 heteroatoms. The predicted molar refractivity (Wildman–Crippen MR) is 179 cm³/mol. The summed E-state index contributed by atoms with van der Waals surface area (Å²) < 4.78 is 55.8. The summed E-state index contributed by atoms with van der Waals surface area (Å²) in [5.74, 6) is 0.616. The van der Waals surface area contributed by atoms with E-state index in [1.807, 2.05) is 37.3 Å². The Labute approximate surface area is 270 Å². The minimum atomic E-state index is -3.25. The molecule has 0 bridgehead atoms. The second-order valence-corrected chi connectivity index (χ2v) is 14.3. The predicted octanol–water partition coefficient (Wildman–Crippen LogP) is 8.80. The van der Waals surface area contributed by atoms with Gasteiger partial charge in [-0.2, -0.15) is 0 Å². The quantitative estimate of drug-likeness (QED) is 0.274. The van der Waals surface area contributed by atoms with Gasteiger partial charge in [0.2, 0.25) is 0 Å². The number of fused-ring (bicyclic) bond motifs is 1. The summed E-state index contributed by atoms with van der Waals surface area (Å²) in [4.78, 5) is 11.7. The lowest BCUT2D eigenvalue weighted by Gasteiger charge is -2.15. The minimum Gasteiger partial charge on any atom is -0.496 e. The molecule has 0 spiro atoms. The molecule has 2 atom stereocenters. The molecule has 5 nitrogen and oxygen atoms in total. The number of Topliss-reactive ketones (excluding diaryl/α,β-unsaturated/α-hetero) is 1. The first-order valence-electron chi connectivity index (χ1n) is 14.7. The van der Waals surface area contributed by atoms with Crippen molar-refractivity contribution in [2.45, 2.75) is 79.7 Å². The van der Waals surface area contributed by atoms with Crippen molar-refractivity contribution in [3.63, 3.8) is 0 Å². The van der Waals surface area contributed by atoms with Gasteiger partial charge in [-0.1, -0.05) is 70.2 Å². The summed E-state index contributed by atoms with van der Waals surface area (Å²) >= 11 is 6.93. The smallest absolute Gasteiger partial charge is 0.176 e. The fourth-order valence-electron chi connectivity index (χ4n) is 5.11. The number of aryl methyl sites for hydroxylation is 1. The highest BCUT2D eigenvalue weighted by molar-refractivity contribution is 8.01. The Bertz CT molecular complexity index is 1490. The molecule has 1 aliphatic heterocycles. The number of rotatable bonds is 5. The molecule has 0 amide bonds. The largest absolute Gasteiger partial charge is 0.496 e. The molecule has 1 heterocycles. The Hall–Kier alpha value is -2.46. The highest BCUT2D eigenvalue weighted by Crippen LogP contribution is 2.50. The summed E-state index contributed by atoms with van der Waals surface area (Å²) in [6.07, 6.45) is 9.50. The fraction of sp³-hybridized carbons (Fsp3) is 0.441. The van der Waals surface area contributed by atoms with E-state index in [0.29, 0.717) is 4.90 Å². The van der Waals surface area contributed by atoms with Crippen molar-refractivity contribution in [3.05, 3.63) is 77.4 Å². The molecule has 2 aliphatic rings. The Morgan fingerprint density at radius 2 is 1.64 bits per heavy atom. The van der Waals surface area contributed by atoms with E-state index in [0.717, 1.165) is 58.7 Å².